The van der Waals surface area contributed by atoms with Gasteiger partial charge in [-0.25, -0.2) is 9.97 Å². The molecule has 2 aromatic heterocycles. The Labute approximate surface area is 137 Å². The minimum atomic E-state index is -0.363. The number of aromatic nitrogens is 3. The van der Waals surface area contributed by atoms with Gasteiger partial charge in [0.25, 0.3) is 5.91 Å². The summed E-state index contributed by atoms with van der Waals surface area (Å²) >= 11 is 0. The van der Waals surface area contributed by atoms with Crippen LogP contribution in [0.4, 0.5) is 5.95 Å². The van der Waals surface area contributed by atoms with Crippen LogP contribution in [0.15, 0.2) is 59.0 Å². The third-order valence-electron chi connectivity index (χ3n) is 3.65. The van der Waals surface area contributed by atoms with Crippen LogP contribution in [0.1, 0.15) is 16.2 Å². The van der Waals surface area contributed by atoms with Crippen molar-refractivity contribution in [3.05, 3.63) is 66.1 Å². The van der Waals surface area contributed by atoms with Crippen molar-refractivity contribution < 1.29 is 9.21 Å². The summed E-state index contributed by atoms with van der Waals surface area (Å²) in [6, 6.07) is 17.0. The van der Waals surface area contributed by atoms with Crippen LogP contribution in [0, 0.1) is 6.92 Å². The number of rotatable bonds is 3. The molecule has 0 spiro atoms. The number of carbonyl (C=O) groups excluding carboxylic acids is 1. The van der Waals surface area contributed by atoms with Gasteiger partial charge >= 0.3 is 0 Å². The quantitative estimate of drug-likeness (QED) is 0.602. The summed E-state index contributed by atoms with van der Waals surface area (Å²) in [6.07, 6.45) is 0. The molecule has 4 rings (SSSR count). The molecule has 118 valence electrons. The zero-order valence-electron chi connectivity index (χ0n) is 12.9. The van der Waals surface area contributed by atoms with Crippen molar-refractivity contribution in [3.8, 4) is 11.5 Å². The van der Waals surface area contributed by atoms with Gasteiger partial charge in [-0.05, 0) is 31.2 Å². The zero-order chi connectivity index (χ0) is 16.5. The van der Waals surface area contributed by atoms with Crippen molar-refractivity contribution in [3.63, 3.8) is 0 Å². The van der Waals surface area contributed by atoms with Crippen LogP contribution in [0.25, 0.3) is 22.5 Å². The second-order valence-electron chi connectivity index (χ2n) is 5.35. The van der Waals surface area contributed by atoms with Gasteiger partial charge in [-0.15, -0.1) is 0 Å². The van der Waals surface area contributed by atoms with Gasteiger partial charge in [-0.3, -0.25) is 10.1 Å². The molecule has 0 aliphatic carbocycles. The number of amides is 1. The van der Waals surface area contributed by atoms with E-state index < -0.39 is 0 Å². The molecule has 2 aromatic carbocycles. The Morgan fingerprint density at radius 1 is 1.04 bits per heavy atom. The van der Waals surface area contributed by atoms with Crippen molar-refractivity contribution in [1.29, 1.82) is 0 Å². The lowest BCUT2D eigenvalue weighted by atomic mass is 10.2. The summed E-state index contributed by atoms with van der Waals surface area (Å²) in [6.45, 7) is 1.72. The number of hydrogen-bond donors (Lipinski definition) is 2. The SMILES string of the molecule is Cc1oc(-c2ccccc2)nc1C(=O)Nc1nc2ccccc2[nH]1. The van der Waals surface area contributed by atoms with Gasteiger partial charge in [0, 0.05) is 5.56 Å². The van der Waals surface area contributed by atoms with Gasteiger partial charge in [-0.1, -0.05) is 30.3 Å². The lowest BCUT2D eigenvalue weighted by molar-refractivity contribution is 0.102. The van der Waals surface area contributed by atoms with Crippen molar-refractivity contribution in [2.24, 2.45) is 0 Å². The molecule has 6 nitrogen and oxygen atoms in total. The van der Waals surface area contributed by atoms with Gasteiger partial charge < -0.3 is 9.40 Å². The number of nitrogens with zero attached hydrogens (tertiary/aromatic N) is 2. The van der Waals surface area contributed by atoms with E-state index in [-0.39, 0.29) is 11.6 Å². The van der Waals surface area contributed by atoms with Crippen LogP contribution in [-0.2, 0) is 0 Å². The average molecular weight is 318 g/mol. The summed E-state index contributed by atoms with van der Waals surface area (Å²) in [5.74, 6) is 0.896. The van der Waals surface area contributed by atoms with Gasteiger partial charge in [0.05, 0.1) is 11.0 Å². The number of hydrogen-bond acceptors (Lipinski definition) is 4. The normalized spacial score (nSPS) is 10.9. The van der Waals surface area contributed by atoms with Crippen LogP contribution in [0.3, 0.4) is 0 Å². The Kier molecular flexibility index (Phi) is 3.35. The molecular formula is C18H14N4O2. The number of para-hydroxylation sites is 2. The molecule has 0 saturated heterocycles. The van der Waals surface area contributed by atoms with Crippen LogP contribution >= 0.6 is 0 Å². The highest BCUT2D eigenvalue weighted by molar-refractivity contribution is 6.03. The topological polar surface area (TPSA) is 83.8 Å². The molecule has 0 bridgehead atoms. The Balaban J connectivity index is 1.61. The van der Waals surface area contributed by atoms with E-state index in [4.69, 9.17) is 4.42 Å². The third kappa shape index (κ3) is 2.54. The molecule has 6 heteroatoms. The van der Waals surface area contributed by atoms with Gasteiger partial charge in [0.15, 0.2) is 5.69 Å². The number of aryl methyl sites for hydroxylation is 1. The summed E-state index contributed by atoms with van der Waals surface area (Å²) in [5, 5.41) is 2.73. The minimum absolute atomic E-state index is 0.245. The second-order valence-corrected chi connectivity index (χ2v) is 5.35. The zero-order valence-corrected chi connectivity index (χ0v) is 12.9. The largest absolute Gasteiger partial charge is 0.441 e. The summed E-state index contributed by atoms with van der Waals surface area (Å²) < 4.78 is 5.62. The molecule has 0 aliphatic rings. The van der Waals surface area contributed by atoms with Crippen LogP contribution in [0.5, 0.6) is 0 Å². The lowest BCUT2D eigenvalue weighted by Crippen LogP contribution is -2.14. The van der Waals surface area contributed by atoms with Crippen LogP contribution < -0.4 is 5.32 Å². The molecule has 0 unspecified atom stereocenters. The van der Waals surface area contributed by atoms with Crippen LogP contribution in [-0.4, -0.2) is 20.9 Å². The fourth-order valence-corrected chi connectivity index (χ4v) is 2.49. The Hall–Kier alpha value is -3.41. The maximum Gasteiger partial charge on any atom is 0.280 e. The molecule has 1 amide bonds. The minimum Gasteiger partial charge on any atom is -0.441 e. The van der Waals surface area contributed by atoms with E-state index in [9.17, 15) is 4.79 Å². The number of carbonyl (C=O) groups is 1. The second kappa shape index (κ2) is 5.66. The van der Waals surface area contributed by atoms with Crippen LogP contribution in [0.2, 0.25) is 0 Å². The number of H-pyrrole nitrogens is 1. The summed E-state index contributed by atoms with van der Waals surface area (Å²) in [5.41, 5.74) is 2.71. The molecular weight excluding hydrogens is 304 g/mol. The predicted molar refractivity (Wildman–Crippen MR) is 90.7 cm³/mol. The number of anilines is 1. The van der Waals surface area contributed by atoms with E-state index in [1.807, 2.05) is 54.6 Å². The first-order chi connectivity index (χ1) is 11.7. The van der Waals surface area contributed by atoms with E-state index in [0.717, 1.165) is 16.6 Å². The number of nitrogens with one attached hydrogen (secondary N) is 2. The first-order valence-electron chi connectivity index (χ1n) is 7.49. The molecule has 0 aliphatic heterocycles. The predicted octanol–water partition coefficient (Wildman–Crippen LogP) is 3.78. The molecule has 24 heavy (non-hydrogen) atoms. The van der Waals surface area contributed by atoms with Gasteiger partial charge in [-0.2, -0.15) is 0 Å². The first kappa shape index (κ1) is 14.2. The highest BCUT2D eigenvalue weighted by Crippen LogP contribution is 2.22. The van der Waals surface area contributed by atoms with Crippen molar-refractivity contribution >= 4 is 22.9 Å². The molecule has 0 radical (unpaired) electrons. The van der Waals surface area contributed by atoms with Crippen molar-refractivity contribution in [1.82, 2.24) is 15.0 Å². The Morgan fingerprint density at radius 2 is 1.79 bits per heavy atom. The standard InChI is InChI=1S/C18H14N4O2/c1-11-15(21-17(24-11)12-7-3-2-4-8-12)16(23)22-18-19-13-9-5-6-10-14(13)20-18/h2-10H,1H3,(H2,19,20,22,23). The van der Waals surface area contributed by atoms with E-state index in [2.05, 4.69) is 20.3 Å². The molecule has 2 N–H and O–H groups in total. The van der Waals surface area contributed by atoms with E-state index in [0.29, 0.717) is 17.6 Å². The first-order valence-corrected chi connectivity index (χ1v) is 7.49. The van der Waals surface area contributed by atoms with E-state index in [1.54, 1.807) is 6.92 Å². The lowest BCUT2D eigenvalue weighted by Gasteiger charge is -1.98. The van der Waals surface area contributed by atoms with Gasteiger partial charge in [0.2, 0.25) is 11.8 Å². The third-order valence-corrected chi connectivity index (χ3v) is 3.65. The molecule has 4 aromatic rings. The molecule has 0 fully saturated rings. The Morgan fingerprint density at radius 3 is 2.58 bits per heavy atom. The average Bonchev–Trinajstić information content (AvgIpc) is 3.18. The summed E-state index contributed by atoms with van der Waals surface area (Å²) in [4.78, 5) is 24.2. The number of imidazole rings is 1. The highest BCUT2D eigenvalue weighted by Gasteiger charge is 2.19. The van der Waals surface area contributed by atoms with Crippen molar-refractivity contribution in [2.75, 3.05) is 5.32 Å². The maximum atomic E-state index is 12.5. The highest BCUT2D eigenvalue weighted by atomic mass is 16.4. The number of aromatic amines is 1. The van der Waals surface area contributed by atoms with E-state index in [1.165, 1.54) is 0 Å². The van der Waals surface area contributed by atoms with Gasteiger partial charge in [0.1, 0.15) is 5.76 Å². The molecule has 0 atom stereocenters. The summed E-state index contributed by atoms with van der Waals surface area (Å²) in [7, 11) is 0. The molecule has 0 saturated carbocycles. The smallest absolute Gasteiger partial charge is 0.280 e. The Bertz CT molecular complexity index is 985. The number of benzene rings is 2. The fraction of sp³-hybridized carbons (Fsp3) is 0.0556. The van der Waals surface area contributed by atoms with E-state index >= 15 is 0 Å². The number of oxazole rings is 1. The van der Waals surface area contributed by atoms with Crippen molar-refractivity contribution in [2.45, 2.75) is 6.92 Å². The maximum absolute atomic E-state index is 12.5. The fourth-order valence-electron chi connectivity index (χ4n) is 2.49. The number of fused-ring (bicyclic) bond motifs is 1. The monoisotopic (exact) mass is 318 g/mol. The molecule has 2 heterocycles.